The van der Waals surface area contributed by atoms with Gasteiger partial charge in [0.1, 0.15) is 11.5 Å². The van der Waals surface area contributed by atoms with Gasteiger partial charge in [0, 0.05) is 7.05 Å². The fourth-order valence-corrected chi connectivity index (χ4v) is 1.42. The number of rotatable bonds is 2. The van der Waals surface area contributed by atoms with Gasteiger partial charge in [-0.2, -0.15) is 5.10 Å². The van der Waals surface area contributed by atoms with Crippen LogP contribution in [0.4, 0.5) is 0 Å². The third kappa shape index (κ3) is 1.53. The monoisotopic (exact) mass is 211 g/mol. The molecular weight excluding hydrogens is 202 g/mol. The van der Waals surface area contributed by atoms with E-state index in [9.17, 15) is 0 Å². The zero-order valence-electron chi connectivity index (χ0n) is 7.99. The van der Waals surface area contributed by atoms with E-state index in [1.807, 2.05) is 20.0 Å². The molecule has 0 radical (unpaired) electrons. The number of nitrogens with zero attached hydrogens (tertiary/aromatic N) is 3. The molecule has 0 aliphatic rings. The van der Waals surface area contributed by atoms with Crippen molar-refractivity contribution in [3.8, 4) is 11.6 Å². The molecular formula is C9H10ClN3O. The van der Waals surface area contributed by atoms with E-state index in [0.29, 0.717) is 17.5 Å². The number of aromatic nitrogens is 3. The average molecular weight is 212 g/mol. The summed E-state index contributed by atoms with van der Waals surface area (Å²) in [5, 5.41) is 4.21. The van der Waals surface area contributed by atoms with Gasteiger partial charge in [-0.3, -0.25) is 4.68 Å². The lowest BCUT2D eigenvalue weighted by Gasteiger charge is -1.94. The van der Waals surface area contributed by atoms with Crippen LogP contribution >= 0.6 is 11.6 Å². The molecule has 0 atom stereocenters. The van der Waals surface area contributed by atoms with Gasteiger partial charge in [0.05, 0.1) is 17.8 Å². The van der Waals surface area contributed by atoms with Crippen LogP contribution in [0.15, 0.2) is 16.7 Å². The van der Waals surface area contributed by atoms with Crippen LogP contribution in [-0.2, 0) is 12.9 Å². The third-order valence-corrected chi connectivity index (χ3v) is 2.17. The van der Waals surface area contributed by atoms with E-state index < -0.39 is 0 Å². The Bertz CT molecular complexity index is 447. The Labute approximate surface area is 86.5 Å². The van der Waals surface area contributed by atoms with Crippen molar-refractivity contribution in [3.05, 3.63) is 23.7 Å². The Hall–Kier alpha value is -1.29. The highest BCUT2D eigenvalue weighted by molar-refractivity contribution is 6.16. The van der Waals surface area contributed by atoms with E-state index in [-0.39, 0.29) is 0 Å². The largest absolute Gasteiger partial charge is 0.439 e. The summed E-state index contributed by atoms with van der Waals surface area (Å²) < 4.78 is 7.14. The van der Waals surface area contributed by atoms with Crippen molar-refractivity contribution in [1.29, 1.82) is 0 Å². The van der Waals surface area contributed by atoms with Gasteiger partial charge in [-0.05, 0) is 13.0 Å². The number of halogens is 1. The molecule has 0 N–H and O–H groups in total. The summed E-state index contributed by atoms with van der Waals surface area (Å²) in [7, 11) is 1.85. The molecule has 0 aliphatic heterocycles. The van der Waals surface area contributed by atoms with E-state index in [1.165, 1.54) is 0 Å². The number of hydrogen-bond acceptors (Lipinski definition) is 3. The van der Waals surface area contributed by atoms with Gasteiger partial charge in [-0.15, -0.1) is 11.6 Å². The molecule has 2 heterocycles. The third-order valence-electron chi connectivity index (χ3n) is 1.91. The number of hydrogen-bond donors (Lipinski definition) is 0. The minimum Gasteiger partial charge on any atom is -0.439 e. The molecule has 14 heavy (non-hydrogen) atoms. The number of aryl methyl sites for hydroxylation is 2. The van der Waals surface area contributed by atoms with Crippen LogP contribution < -0.4 is 0 Å². The second-order valence-electron chi connectivity index (χ2n) is 3.06. The molecule has 0 aliphatic carbocycles. The minimum atomic E-state index is 0.337. The zero-order chi connectivity index (χ0) is 10.1. The van der Waals surface area contributed by atoms with Gasteiger partial charge in [-0.1, -0.05) is 0 Å². The average Bonchev–Trinajstić information content (AvgIpc) is 2.71. The Morgan fingerprint density at radius 1 is 1.57 bits per heavy atom. The Balaban J connectivity index is 2.43. The van der Waals surface area contributed by atoms with Crippen molar-refractivity contribution in [2.24, 2.45) is 7.05 Å². The van der Waals surface area contributed by atoms with Crippen molar-refractivity contribution in [1.82, 2.24) is 14.8 Å². The summed E-state index contributed by atoms with van der Waals surface area (Å²) in [5.41, 5.74) is 1.80. The highest BCUT2D eigenvalue weighted by Crippen LogP contribution is 2.19. The van der Waals surface area contributed by atoms with Crippen LogP contribution in [0.2, 0.25) is 0 Å². The van der Waals surface area contributed by atoms with Crippen molar-refractivity contribution >= 4 is 11.6 Å². The van der Waals surface area contributed by atoms with Crippen molar-refractivity contribution < 1.29 is 4.42 Å². The lowest BCUT2D eigenvalue weighted by Crippen LogP contribution is -1.93. The standard InChI is InChI=1S/C9H10ClN3O/c1-6-3-8(13(2)12-6)9-11-5-7(4-10)14-9/h3,5H,4H2,1-2H3. The molecule has 0 fully saturated rings. The summed E-state index contributed by atoms with van der Waals surface area (Å²) in [6.45, 7) is 1.93. The lowest BCUT2D eigenvalue weighted by molar-refractivity contribution is 0.530. The summed E-state index contributed by atoms with van der Waals surface area (Å²) in [4.78, 5) is 4.12. The molecule has 0 aromatic carbocycles. The first kappa shape index (κ1) is 9.27. The van der Waals surface area contributed by atoms with Gasteiger partial charge in [0.15, 0.2) is 0 Å². The summed E-state index contributed by atoms with van der Waals surface area (Å²) in [6.07, 6.45) is 1.63. The summed E-state index contributed by atoms with van der Waals surface area (Å²) in [5.74, 6) is 1.56. The zero-order valence-corrected chi connectivity index (χ0v) is 8.75. The van der Waals surface area contributed by atoms with E-state index >= 15 is 0 Å². The van der Waals surface area contributed by atoms with E-state index in [2.05, 4.69) is 10.1 Å². The SMILES string of the molecule is Cc1cc(-c2ncc(CCl)o2)n(C)n1. The normalized spacial score (nSPS) is 10.8. The van der Waals surface area contributed by atoms with Crippen molar-refractivity contribution in [2.45, 2.75) is 12.8 Å². The predicted octanol–water partition coefficient (Wildman–Crippen LogP) is 2.12. The van der Waals surface area contributed by atoms with Crippen LogP contribution in [0, 0.1) is 6.92 Å². The summed E-state index contributed by atoms with van der Waals surface area (Å²) >= 11 is 5.62. The molecule has 0 bridgehead atoms. The fourth-order valence-electron chi connectivity index (χ4n) is 1.30. The quantitative estimate of drug-likeness (QED) is 0.715. The van der Waals surface area contributed by atoms with E-state index in [4.69, 9.17) is 16.0 Å². The molecule has 0 unspecified atom stereocenters. The first-order valence-corrected chi connectivity index (χ1v) is 4.76. The molecule has 2 aromatic rings. The van der Waals surface area contributed by atoms with Crippen LogP contribution in [0.5, 0.6) is 0 Å². The maximum Gasteiger partial charge on any atom is 0.244 e. The van der Waals surface area contributed by atoms with Crippen LogP contribution in [0.3, 0.4) is 0 Å². The van der Waals surface area contributed by atoms with Gasteiger partial charge < -0.3 is 4.42 Å². The molecule has 2 aromatic heterocycles. The second-order valence-corrected chi connectivity index (χ2v) is 3.33. The highest BCUT2D eigenvalue weighted by atomic mass is 35.5. The molecule has 0 spiro atoms. The second kappa shape index (κ2) is 3.46. The maximum atomic E-state index is 5.62. The first-order chi connectivity index (χ1) is 6.70. The Morgan fingerprint density at radius 2 is 2.36 bits per heavy atom. The van der Waals surface area contributed by atoms with Gasteiger partial charge >= 0.3 is 0 Å². The first-order valence-electron chi connectivity index (χ1n) is 4.22. The molecule has 4 nitrogen and oxygen atoms in total. The molecule has 0 saturated heterocycles. The van der Waals surface area contributed by atoms with Gasteiger partial charge in [-0.25, -0.2) is 4.98 Å². The van der Waals surface area contributed by atoms with Crippen LogP contribution in [0.25, 0.3) is 11.6 Å². The molecule has 0 amide bonds. The van der Waals surface area contributed by atoms with Crippen LogP contribution in [-0.4, -0.2) is 14.8 Å². The predicted molar refractivity (Wildman–Crippen MR) is 53.0 cm³/mol. The van der Waals surface area contributed by atoms with Crippen LogP contribution in [0.1, 0.15) is 11.5 Å². The summed E-state index contributed by atoms with van der Waals surface area (Å²) in [6, 6.07) is 1.92. The molecule has 74 valence electrons. The smallest absolute Gasteiger partial charge is 0.244 e. The van der Waals surface area contributed by atoms with Crippen molar-refractivity contribution in [2.75, 3.05) is 0 Å². The minimum absolute atomic E-state index is 0.337. The van der Waals surface area contributed by atoms with Crippen molar-refractivity contribution in [3.63, 3.8) is 0 Å². The highest BCUT2D eigenvalue weighted by Gasteiger charge is 2.10. The molecule has 2 rings (SSSR count). The molecule has 0 saturated carbocycles. The molecule has 5 heteroatoms. The number of oxazole rings is 1. The number of alkyl halides is 1. The van der Waals surface area contributed by atoms with E-state index in [0.717, 1.165) is 11.4 Å². The van der Waals surface area contributed by atoms with Gasteiger partial charge in [0.2, 0.25) is 5.89 Å². The topological polar surface area (TPSA) is 43.9 Å². The van der Waals surface area contributed by atoms with E-state index in [1.54, 1.807) is 10.9 Å². The Kier molecular flexibility index (Phi) is 2.29. The Morgan fingerprint density at radius 3 is 2.86 bits per heavy atom. The maximum absolute atomic E-state index is 5.62. The van der Waals surface area contributed by atoms with Gasteiger partial charge in [0.25, 0.3) is 0 Å². The fraction of sp³-hybridized carbons (Fsp3) is 0.333. The lowest BCUT2D eigenvalue weighted by atomic mass is 10.4.